The molecule has 0 amide bonds. The molecule has 2 aromatic rings. The molecule has 0 saturated heterocycles. The second-order valence-corrected chi connectivity index (χ2v) is 4.84. The van der Waals surface area contributed by atoms with Gasteiger partial charge in [0.05, 0.1) is 11.6 Å². The Morgan fingerprint density at radius 3 is 2.88 bits per heavy atom. The van der Waals surface area contributed by atoms with Crippen LogP contribution in [0, 0.1) is 0 Å². The predicted molar refractivity (Wildman–Crippen MR) is 65.2 cm³/mol. The molecule has 0 aromatic carbocycles. The Hall–Kier alpha value is -1.40. The molecule has 6 nitrogen and oxygen atoms in total. The summed E-state index contributed by atoms with van der Waals surface area (Å²) in [5.74, 6) is 1.06. The first kappa shape index (κ1) is 12.1. The van der Waals surface area contributed by atoms with E-state index >= 15 is 0 Å². The monoisotopic (exact) mass is 255 g/mol. The average Bonchev–Trinajstić information content (AvgIpc) is 2.63. The lowest BCUT2D eigenvalue weighted by atomic mass is 10.0. The van der Waals surface area contributed by atoms with Crippen molar-refractivity contribution in [2.24, 2.45) is 0 Å². The number of rotatable bonds is 3. The van der Waals surface area contributed by atoms with Gasteiger partial charge in [-0.05, 0) is 20.8 Å². The number of nitrogens with one attached hydrogen (secondary N) is 1. The number of fused-ring (bicyclic) bond motifs is 1. The van der Waals surface area contributed by atoms with Crippen LogP contribution in [0.5, 0.6) is 0 Å². The number of anilines is 1. The van der Waals surface area contributed by atoms with Gasteiger partial charge in [0.25, 0.3) is 5.78 Å². The number of hydrogen-bond acceptors (Lipinski definition) is 5. The molecule has 0 aliphatic rings. The van der Waals surface area contributed by atoms with E-state index in [-0.39, 0.29) is 6.04 Å². The highest BCUT2D eigenvalue weighted by atomic mass is 35.5. The summed E-state index contributed by atoms with van der Waals surface area (Å²) in [6, 6.07) is 1.47. The fourth-order valence-corrected chi connectivity index (χ4v) is 1.46. The summed E-state index contributed by atoms with van der Waals surface area (Å²) in [6.45, 7) is 5.33. The zero-order chi connectivity index (χ0) is 12.6. The molecule has 0 fully saturated rings. The third-order valence-electron chi connectivity index (χ3n) is 2.64. The van der Waals surface area contributed by atoms with E-state index in [4.69, 9.17) is 11.6 Å². The molecule has 1 unspecified atom stereocenters. The topological polar surface area (TPSA) is 75.3 Å². The molecule has 0 spiro atoms. The van der Waals surface area contributed by atoms with Crippen molar-refractivity contribution in [3.63, 3.8) is 0 Å². The van der Waals surface area contributed by atoms with Crippen molar-refractivity contribution in [1.82, 2.24) is 19.6 Å². The van der Waals surface area contributed by atoms with Crippen molar-refractivity contribution in [2.45, 2.75) is 32.4 Å². The Morgan fingerprint density at radius 2 is 2.24 bits per heavy atom. The fourth-order valence-electron chi connectivity index (χ4n) is 1.28. The number of hydrogen-bond donors (Lipinski definition) is 2. The van der Waals surface area contributed by atoms with Crippen molar-refractivity contribution >= 4 is 23.2 Å². The first-order valence-corrected chi connectivity index (χ1v) is 5.61. The highest BCUT2D eigenvalue weighted by Crippen LogP contribution is 2.18. The lowest BCUT2D eigenvalue weighted by molar-refractivity contribution is 0.0647. The van der Waals surface area contributed by atoms with E-state index < -0.39 is 5.60 Å². The first-order chi connectivity index (χ1) is 7.88. The Kier molecular flexibility index (Phi) is 2.92. The maximum absolute atomic E-state index is 9.88. The third-order valence-corrected chi connectivity index (χ3v) is 2.84. The third kappa shape index (κ3) is 2.48. The van der Waals surface area contributed by atoms with Gasteiger partial charge in [0.2, 0.25) is 0 Å². The molecule has 92 valence electrons. The number of halogens is 1. The van der Waals surface area contributed by atoms with Crippen molar-refractivity contribution in [2.75, 3.05) is 5.32 Å². The van der Waals surface area contributed by atoms with Crippen molar-refractivity contribution < 1.29 is 5.11 Å². The molecule has 2 N–H and O–H groups in total. The maximum Gasteiger partial charge on any atom is 0.255 e. The van der Waals surface area contributed by atoms with Crippen LogP contribution < -0.4 is 5.32 Å². The summed E-state index contributed by atoms with van der Waals surface area (Å²) in [4.78, 5) is 7.98. The molecule has 0 aliphatic carbocycles. The van der Waals surface area contributed by atoms with E-state index in [0.29, 0.717) is 16.7 Å². The fraction of sp³-hybridized carbons (Fsp3) is 0.500. The molecule has 1 atom stereocenters. The van der Waals surface area contributed by atoms with Gasteiger partial charge in [-0.2, -0.15) is 19.6 Å². The van der Waals surface area contributed by atoms with Crippen LogP contribution in [0.1, 0.15) is 20.8 Å². The zero-order valence-corrected chi connectivity index (χ0v) is 10.6. The van der Waals surface area contributed by atoms with Crippen LogP contribution in [0.25, 0.3) is 5.78 Å². The van der Waals surface area contributed by atoms with Gasteiger partial charge in [0, 0.05) is 6.07 Å². The summed E-state index contributed by atoms with van der Waals surface area (Å²) < 4.78 is 1.54. The molecule has 2 rings (SSSR count). The normalized spacial score (nSPS) is 13.9. The molecule has 0 radical (unpaired) electrons. The molecule has 7 heteroatoms. The van der Waals surface area contributed by atoms with E-state index in [0.717, 1.165) is 0 Å². The van der Waals surface area contributed by atoms with Gasteiger partial charge in [0.1, 0.15) is 17.3 Å². The van der Waals surface area contributed by atoms with E-state index in [1.165, 1.54) is 10.8 Å². The maximum atomic E-state index is 9.88. The van der Waals surface area contributed by atoms with E-state index in [2.05, 4.69) is 20.4 Å². The van der Waals surface area contributed by atoms with E-state index in [1.807, 2.05) is 6.92 Å². The highest BCUT2D eigenvalue weighted by molar-refractivity contribution is 6.29. The molecular formula is C10H14ClN5O. The quantitative estimate of drug-likeness (QED) is 0.810. The SMILES string of the molecule is CC(Nc1cc(Cl)nc2ncnn12)C(C)(C)O. The van der Waals surface area contributed by atoms with Crippen molar-refractivity contribution in [3.05, 3.63) is 17.5 Å². The minimum Gasteiger partial charge on any atom is -0.388 e. The van der Waals surface area contributed by atoms with Crippen LogP contribution in [0.15, 0.2) is 12.4 Å². The van der Waals surface area contributed by atoms with Crippen LogP contribution in [-0.2, 0) is 0 Å². The van der Waals surface area contributed by atoms with Gasteiger partial charge < -0.3 is 10.4 Å². The Balaban J connectivity index is 2.38. The molecule has 0 saturated carbocycles. The minimum absolute atomic E-state index is 0.173. The van der Waals surface area contributed by atoms with Gasteiger partial charge in [0.15, 0.2) is 0 Å². The molecule has 2 heterocycles. The minimum atomic E-state index is -0.858. The van der Waals surface area contributed by atoms with Crippen LogP contribution in [0.4, 0.5) is 5.82 Å². The molecule has 17 heavy (non-hydrogen) atoms. The summed E-state index contributed by atoms with van der Waals surface area (Å²) in [5, 5.41) is 17.4. The lowest BCUT2D eigenvalue weighted by Crippen LogP contribution is -2.39. The Labute approximate surface area is 104 Å². The number of aromatic nitrogens is 4. The Bertz CT molecular complexity index is 533. The Morgan fingerprint density at radius 1 is 1.53 bits per heavy atom. The van der Waals surface area contributed by atoms with Crippen LogP contribution in [0.2, 0.25) is 5.15 Å². The molecule has 0 bridgehead atoms. The van der Waals surface area contributed by atoms with Gasteiger partial charge in [-0.3, -0.25) is 0 Å². The van der Waals surface area contributed by atoms with Crippen LogP contribution in [-0.4, -0.2) is 36.3 Å². The molecular weight excluding hydrogens is 242 g/mol. The predicted octanol–water partition coefficient (Wildman–Crippen LogP) is 1.35. The largest absolute Gasteiger partial charge is 0.388 e. The highest BCUT2D eigenvalue weighted by Gasteiger charge is 2.23. The number of nitrogens with zero attached hydrogens (tertiary/aromatic N) is 4. The van der Waals surface area contributed by atoms with E-state index in [1.54, 1.807) is 19.9 Å². The van der Waals surface area contributed by atoms with Crippen LogP contribution >= 0.6 is 11.6 Å². The summed E-state index contributed by atoms with van der Waals surface area (Å²) >= 11 is 5.88. The lowest BCUT2D eigenvalue weighted by Gasteiger charge is -2.27. The molecule has 2 aromatic heterocycles. The zero-order valence-electron chi connectivity index (χ0n) is 9.85. The van der Waals surface area contributed by atoms with Gasteiger partial charge in [-0.1, -0.05) is 11.6 Å². The summed E-state index contributed by atoms with van der Waals surface area (Å²) in [5.41, 5.74) is -0.858. The second kappa shape index (κ2) is 4.12. The van der Waals surface area contributed by atoms with E-state index in [9.17, 15) is 5.11 Å². The van der Waals surface area contributed by atoms with Gasteiger partial charge in [-0.15, -0.1) is 0 Å². The van der Waals surface area contributed by atoms with Gasteiger partial charge in [-0.25, -0.2) is 0 Å². The second-order valence-electron chi connectivity index (χ2n) is 4.46. The average molecular weight is 256 g/mol. The van der Waals surface area contributed by atoms with Crippen molar-refractivity contribution in [1.29, 1.82) is 0 Å². The standard InChI is InChI=1S/C10H14ClN5O/c1-6(10(2,3)17)14-8-4-7(11)15-9-12-5-13-16(8)9/h4-6,14,17H,1-3H3. The first-order valence-electron chi connectivity index (χ1n) is 5.23. The summed E-state index contributed by atoms with van der Waals surface area (Å²) in [6.07, 6.45) is 1.40. The van der Waals surface area contributed by atoms with Crippen LogP contribution in [0.3, 0.4) is 0 Å². The van der Waals surface area contributed by atoms with Crippen molar-refractivity contribution in [3.8, 4) is 0 Å². The smallest absolute Gasteiger partial charge is 0.255 e. The number of aliphatic hydroxyl groups is 1. The van der Waals surface area contributed by atoms with Gasteiger partial charge >= 0.3 is 0 Å². The molecule has 0 aliphatic heterocycles. The summed E-state index contributed by atoms with van der Waals surface area (Å²) in [7, 11) is 0.